The normalized spacial score (nSPS) is 16.6. The van der Waals surface area contributed by atoms with Gasteiger partial charge in [0, 0.05) is 19.4 Å². The Morgan fingerprint density at radius 3 is 2.71 bits per heavy atom. The van der Waals surface area contributed by atoms with Crippen LogP contribution in [0.1, 0.15) is 12.8 Å². The number of rotatable bonds is 2. The van der Waals surface area contributed by atoms with Gasteiger partial charge in [0.1, 0.15) is 5.54 Å². The second-order valence-electron chi connectivity index (χ2n) is 4.68. The summed E-state index contributed by atoms with van der Waals surface area (Å²) in [6.45, 7) is 1.01. The molecule has 1 fully saturated rings. The fraction of sp³-hybridized carbons (Fsp3) is 0.417. The van der Waals surface area contributed by atoms with Crippen molar-refractivity contribution in [1.82, 2.24) is 14.6 Å². The first-order valence-electron chi connectivity index (χ1n) is 6.17. The number of hydrogen-bond donors (Lipinski definition) is 2. The maximum atomic E-state index is 12.3. The topological polar surface area (TPSA) is 94.5 Å². The molecule has 7 nitrogen and oxygen atoms in total. The van der Waals surface area contributed by atoms with Gasteiger partial charge in [-0.05, 0) is 25.0 Å². The molecule has 0 saturated carbocycles. The van der Waals surface area contributed by atoms with Crippen LogP contribution in [0.4, 0.5) is 5.95 Å². The molecule has 0 atom stereocenters. The Bertz CT molecular complexity index is 612. The summed E-state index contributed by atoms with van der Waals surface area (Å²) < 4.78 is 6.94. The van der Waals surface area contributed by atoms with E-state index in [0.717, 1.165) is 0 Å². The molecule has 2 aromatic rings. The second-order valence-corrected chi connectivity index (χ2v) is 4.68. The molecule has 3 heterocycles. The molecule has 21 heavy (non-hydrogen) atoms. The molecule has 0 aliphatic carbocycles. The maximum Gasteiger partial charge on any atom is 0.246 e. The largest absolute Gasteiger partial charge is 0.381 e. The van der Waals surface area contributed by atoms with Crippen molar-refractivity contribution >= 4 is 42.3 Å². The van der Waals surface area contributed by atoms with Crippen LogP contribution < -0.4 is 11.1 Å². The minimum Gasteiger partial charge on any atom is -0.381 e. The molecule has 0 bridgehead atoms. The van der Waals surface area contributed by atoms with Gasteiger partial charge in [-0.1, -0.05) is 6.07 Å². The Labute approximate surface area is 134 Å². The summed E-state index contributed by atoms with van der Waals surface area (Å²) in [5, 5.41) is 10.7. The van der Waals surface area contributed by atoms with Crippen LogP contribution >= 0.6 is 24.8 Å². The number of carbonyl (C=O) groups is 1. The Morgan fingerprint density at radius 2 is 2.00 bits per heavy atom. The number of hydrogen-bond acceptors (Lipinski definition) is 5. The first-order chi connectivity index (χ1) is 9.19. The van der Waals surface area contributed by atoms with Crippen LogP contribution in [0.5, 0.6) is 0 Å². The molecular weight excluding hydrogens is 317 g/mol. The van der Waals surface area contributed by atoms with E-state index in [9.17, 15) is 4.79 Å². The van der Waals surface area contributed by atoms with Crippen molar-refractivity contribution in [1.29, 1.82) is 0 Å². The van der Waals surface area contributed by atoms with Gasteiger partial charge in [0.05, 0.1) is 0 Å². The van der Waals surface area contributed by atoms with Crippen molar-refractivity contribution in [3.63, 3.8) is 0 Å². The van der Waals surface area contributed by atoms with Crippen LogP contribution in [-0.2, 0) is 9.53 Å². The van der Waals surface area contributed by atoms with E-state index in [4.69, 9.17) is 10.5 Å². The third-order valence-corrected chi connectivity index (χ3v) is 3.38. The van der Waals surface area contributed by atoms with E-state index in [2.05, 4.69) is 15.5 Å². The lowest BCUT2D eigenvalue weighted by atomic mass is 9.90. The number of nitrogens with two attached hydrogens (primary N) is 1. The molecule has 1 saturated heterocycles. The van der Waals surface area contributed by atoms with Gasteiger partial charge < -0.3 is 10.5 Å². The Kier molecular flexibility index (Phi) is 5.91. The summed E-state index contributed by atoms with van der Waals surface area (Å²) in [5.74, 6) is 0.144. The molecule has 1 aliphatic rings. The molecule has 0 spiro atoms. The number of nitrogens with one attached hydrogen (secondary N) is 1. The monoisotopic (exact) mass is 333 g/mol. The average molecular weight is 334 g/mol. The molecule has 1 aliphatic heterocycles. The predicted molar refractivity (Wildman–Crippen MR) is 83.1 cm³/mol. The van der Waals surface area contributed by atoms with Gasteiger partial charge in [-0.2, -0.15) is 0 Å². The minimum absolute atomic E-state index is 0. The smallest absolute Gasteiger partial charge is 0.246 e. The zero-order chi connectivity index (χ0) is 13.3. The molecule has 2 aromatic heterocycles. The van der Waals surface area contributed by atoms with Crippen LogP contribution in [0.2, 0.25) is 0 Å². The quantitative estimate of drug-likeness (QED) is 0.855. The highest BCUT2D eigenvalue weighted by Crippen LogP contribution is 2.19. The van der Waals surface area contributed by atoms with Crippen molar-refractivity contribution < 1.29 is 9.53 Å². The molecular formula is C12H17Cl2N5O2. The number of amides is 1. The lowest BCUT2D eigenvalue weighted by Crippen LogP contribution is -2.54. The second kappa shape index (κ2) is 7.04. The molecule has 116 valence electrons. The number of carbonyl (C=O) groups excluding carboxylic acids is 1. The van der Waals surface area contributed by atoms with E-state index in [1.807, 2.05) is 18.2 Å². The van der Waals surface area contributed by atoms with Crippen molar-refractivity contribution in [2.24, 2.45) is 5.73 Å². The minimum atomic E-state index is -0.890. The zero-order valence-electron chi connectivity index (χ0n) is 11.2. The lowest BCUT2D eigenvalue weighted by molar-refractivity contribution is -0.124. The van der Waals surface area contributed by atoms with Crippen molar-refractivity contribution in [2.45, 2.75) is 18.4 Å². The van der Waals surface area contributed by atoms with Gasteiger partial charge in [-0.15, -0.1) is 35.0 Å². The summed E-state index contributed by atoms with van der Waals surface area (Å²) in [5.41, 5.74) is 5.90. The summed E-state index contributed by atoms with van der Waals surface area (Å²) in [6.07, 6.45) is 2.81. The van der Waals surface area contributed by atoms with Crippen LogP contribution in [-0.4, -0.2) is 39.3 Å². The van der Waals surface area contributed by atoms with E-state index in [-0.39, 0.29) is 30.7 Å². The fourth-order valence-corrected chi connectivity index (χ4v) is 2.12. The van der Waals surface area contributed by atoms with E-state index < -0.39 is 5.54 Å². The van der Waals surface area contributed by atoms with E-state index >= 15 is 0 Å². The molecule has 0 unspecified atom stereocenters. The third-order valence-electron chi connectivity index (χ3n) is 3.38. The number of aromatic nitrogens is 3. The molecule has 3 rings (SSSR count). The third kappa shape index (κ3) is 3.44. The Morgan fingerprint density at radius 1 is 1.29 bits per heavy atom. The van der Waals surface area contributed by atoms with E-state index in [1.54, 1.807) is 10.6 Å². The van der Waals surface area contributed by atoms with Crippen LogP contribution in [0.25, 0.3) is 5.65 Å². The van der Waals surface area contributed by atoms with Gasteiger partial charge in [0.2, 0.25) is 11.9 Å². The highest BCUT2D eigenvalue weighted by Gasteiger charge is 2.36. The zero-order valence-corrected chi connectivity index (χ0v) is 12.8. The maximum absolute atomic E-state index is 12.3. The summed E-state index contributed by atoms with van der Waals surface area (Å²) in [4.78, 5) is 12.3. The summed E-state index contributed by atoms with van der Waals surface area (Å²) in [6, 6.07) is 5.52. The number of ether oxygens (including phenoxy) is 1. The van der Waals surface area contributed by atoms with Gasteiger partial charge in [-0.3, -0.25) is 14.5 Å². The predicted octanol–water partition coefficient (Wildman–Crippen LogP) is 1.02. The number of halogens is 2. The van der Waals surface area contributed by atoms with Crippen LogP contribution in [0, 0.1) is 0 Å². The average Bonchev–Trinajstić information content (AvgIpc) is 2.83. The van der Waals surface area contributed by atoms with Gasteiger partial charge in [0.25, 0.3) is 0 Å². The first-order valence-corrected chi connectivity index (χ1v) is 6.17. The number of pyridine rings is 1. The molecule has 0 aromatic carbocycles. The lowest BCUT2D eigenvalue weighted by Gasteiger charge is -2.31. The van der Waals surface area contributed by atoms with Gasteiger partial charge in [-0.25, -0.2) is 0 Å². The fourth-order valence-electron chi connectivity index (χ4n) is 2.12. The summed E-state index contributed by atoms with van der Waals surface area (Å²) in [7, 11) is 0. The van der Waals surface area contributed by atoms with Crippen LogP contribution in [0.3, 0.4) is 0 Å². The molecule has 3 N–H and O–H groups in total. The highest BCUT2D eigenvalue weighted by atomic mass is 35.5. The standard InChI is InChI=1S/C12H15N5O2.2ClH/c13-12(4-7-19-8-5-12)10(18)14-11-16-15-9-3-1-2-6-17(9)11;;/h1-3,6H,4-5,7-8,13H2,(H,14,16,18);2*1H. The number of nitrogens with zero attached hydrogens (tertiary/aromatic N) is 3. The van der Waals surface area contributed by atoms with Crippen molar-refractivity contribution in [3.05, 3.63) is 24.4 Å². The van der Waals surface area contributed by atoms with Gasteiger partial charge in [0.15, 0.2) is 5.65 Å². The van der Waals surface area contributed by atoms with Crippen LogP contribution in [0.15, 0.2) is 24.4 Å². The van der Waals surface area contributed by atoms with Gasteiger partial charge >= 0.3 is 0 Å². The first kappa shape index (κ1) is 17.6. The van der Waals surface area contributed by atoms with E-state index in [0.29, 0.717) is 37.7 Å². The molecule has 9 heteroatoms. The van der Waals surface area contributed by atoms with Crippen molar-refractivity contribution in [2.75, 3.05) is 18.5 Å². The number of fused-ring (bicyclic) bond motifs is 1. The number of anilines is 1. The molecule has 1 amide bonds. The highest BCUT2D eigenvalue weighted by molar-refractivity contribution is 5.97. The Hall–Kier alpha value is -1.41. The molecule has 0 radical (unpaired) electrons. The Balaban J connectivity index is 0.00000110. The van der Waals surface area contributed by atoms with E-state index in [1.165, 1.54) is 0 Å². The summed E-state index contributed by atoms with van der Waals surface area (Å²) >= 11 is 0. The van der Waals surface area contributed by atoms with Crippen molar-refractivity contribution in [3.8, 4) is 0 Å². The SMILES string of the molecule is Cl.Cl.NC1(C(=O)Nc2nnc3ccccn23)CCOCC1.